The van der Waals surface area contributed by atoms with E-state index < -0.39 is 13.7 Å². The smallest absolute Gasteiger partial charge is 0.201 e. The largest absolute Gasteiger partial charge is 0.213 e. The van der Waals surface area contributed by atoms with Crippen LogP contribution in [-0.4, -0.2) is 0 Å². The van der Waals surface area contributed by atoms with E-state index in [4.69, 9.17) is 8.22 Å². The van der Waals surface area contributed by atoms with Crippen molar-refractivity contribution in [1.29, 1.82) is 0 Å². The second-order valence-corrected chi connectivity index (χ2v) is 7.54. The summed E-state index contributed by atoms with van der Waals surface area (Å²) in [5, 5.41) is 0. The lowest BCUT2D eigenvalue weighted by Gasteiger charge is -2.13. The normalized spacial score (nSPS) is 14.9. The lowest BCUT2D eigenvalue weighted by atomic mass is 9.92. The fourth-order valence-electron chi connectivity index (χ4n) is 3.80. The van der Waals surface area contributed by atoms with Gasteiger partial charge in [0.2, 0.25) is 5.69 Å². The molecule has 1 aromatic heterocycles. The standard InChI is InChI=1S/C28H28N/c1-19-15-21(3)28(22(4)16-19)25-13-14-29(5)27(18-25)26-17-24(12-11-20(26)2)23-9-7-6-8-10-23/h6-18H,1-5H3/q+1/i3D3,4D3. The molecule has 1 heteroatoms. The zero-order valence-electron chi connectivity index (χ0n) is 23.0. The Labute approximate surface area is 182 Å². The molecule has 0 aliphatic rings. The van der Waals surface area contributed by atoms with E-state index in [0.717, 1.165) is 27.9 Å². The van der Waals surface area contributed by atoms with E-state index in [-0.39, 0.29) is 16.7 Å². The zero-order valence-corrected chi connectivity index (χ0v) is 17.0. The highest BCUT2D eigenvalue weighted by Gasteiger charge is 2.17. The minimum atomic E-state index is -2.46. The number of rotatable bonds is 3. The molecule has 4 aromatic rings. The van der Waals surface area contributed by atoms with Crippen molar-refractivity contribution in [3.05, 3.63) is 101 Å². The highest BCUT2D eigenvalue weighted by atomic mass is 14.9. The maximum Gasteiger partial charge on any atom is 0.213 e. The predicted octanol–water partition coefficient (Wildman–Crippen LogP) is 6.75. The van der Waals surface area contributed by atoms with Crippen molar-refractivity contribution >= 4 is 0 Å². The van der Waals surface area contributed by atoms with Crippen LogP contribution in [0.4, 0.5) is 0 Å². The summed E-state index contributed by atoms with van der Waals surface area (Å²) in [5.74, 6) is 0. The fourth-order valence-corrected chi connectivity index (χ4v) is 3.80. The van der Waals surface area contributed by atoms with Crippen molar-refractivity contribution in [2.75, 3.05) is 0 Å². The first-order valence-electron chi connectivity index (χ1n) is 12.7. The van der Waals surface area contributed by atoms with E-state index in [1.807, 2.05) is 49.0 Å². The predicted molar refractivity (Wildman–Crippen MR) is 123 cm³/mol. The van der Waals surface area contributed by atoms with E-state index >= 15 is 0 Å². The number of nitrogens with zero attached hydrogens (tertiary/aromatic N) is 1. The maximum atomic E-state index is 8.12. The average molecular weight is 385 g/mol. The van der Waals surface area contributed by atoms with Crippen molar-refractivity contribution in [2.45, 2.75) is 27.6 Å². The van der Waals surface area contributed by atoms with Crippen molar-refractivity contribution in [1.82, 2.24) is 0 Å². The van der Waals surface area contributed by atoms with Crippen LogP contribution in [0.2, 0.25) is 0 Å². The Morgan fingerprint density at radius 3 is 2.10 bits per heavy atom. The minimum absolute atomic E-state index is 0.0539. The summed E-state index contributed by atoms with van der Waals surface area (Å²) >= 11 is 0. The summed E-state index contributed by atoms with van der Waals surface area (Å²) in [6.07, 6.45) is 1.85. The van der Waals surface area contributed by atoms with Gasteiger partial charge in [-0.15, -0.1) is 0 Å². The van der Waals surface area contributed by atoms with Crippen molar-refractivity contribution in [3.63, 3.8) is 0 Å². The molecule has 4 rings (SSSR count). The second-order valence-electron chi connectivity index (χ2n) is 7.54. The Morgan fingerprint density at radius 1 is 0.690 bits per heavy atom. The molecule has 0 saturated heterocycles. The molecule has 144 valence electrons. The average Bonchev–Trinajstić information content (AvgIpc) is 2.79. The van der Waals surface area contributed by atoms with E-state index in [1.165, 1.54) is 0 Å². The second kappa shape index (κ2) is 7.67. The molecule has 0 unspecified atom stereocenters. The van der Waals surface area contributed by atoms with Gasteiger partial charge >= 0.3 is 0 Å². The molecule has 1 heterocycles. The Kier molecular flexibility index (Phi) is 3.47. The molecule has 3 aromatic carbocycles. The Morgan fingerprint density at radius 2 is 1.41 bits per heavy atom. The summed E-state index contributed by atoms with van der Waals surface area (Å²) in [7, 11) is 1.93. The van der Waals surface area contributed by atoms with Gasteiger partial charge in [-0.25, -0.2) is 4.57 Å². The zero-order chi connectivity index (χ0) is 25.5. The molecule has 0 fully saturated rings. The first kappa shape index (κ1) is 13.1. The fraction of sp³-hybridized carbons (Fsp3) is 0.179. The number of benzene rings is 3. The number of aryl methyl sites for hydroxylation is 5. The molecule has 0 aliphatic heterocycles. The molecule has 0 amide bonds. The SMILES string of the molecule is [2H]C([2H])([2H])c1cc(C)cc(C([2H])([2H])[2H])c1-c1cc[n+](C)c(-c2cc(-c3ccccc3)ccc2C)c1. The first-order valence-corrected chi connectivity index (χ1v) is 9.68. The van der Waals surface area contributed by atoms with Gasteiger partial charge in [-0.2, -0.15) is 0 Å². The molecule has 0 radical (unpaired) electrons. The van der Waals surface area contributed by atoms with Gasteiger partial charge in [0.1, 0.15) is 7.05 Å². The molecule has 0 aliphatic carbocycles. The summed E-state index contributed by atoms with van der Waals surface area (Å²) in [6, 6.07) is 23.2. The summed E-state index contributed by atoms with van der Waals surface area (Å²) in [6.45, 7) is -1.15. The number of hydrogen-bond acceptors (Lipinski definition) is 0. The van der Waals surface area contributed by atoms with Crippen LogP contribution in [0.3, 0.4) is 0 Å². The van der Waals surface area contributed by atoms with Gasteiger partial charge in [-0.05, 0) is 72.6 Å². The molecule has 0 spiro atoms. The van der Waals surface area contributed by atoms with Crippen LogP contribution in [0.5, 0.6) is 0 Å². The topological polar surface area (TPSA) is 3.88 Å². The van der Waals surface area contributed by atoms with Gasteiger partial charge in [-0.1, -0.05) is 60.2 Å². The number of pyridine rings is 1. The molecule has 1 nitrogen and oxygen atoms in total. The Hall–Kier alpha value is -3.19. The molecule has 0 atom stereocenters. The van der Waals surface area contributed by atoms with Gasteiger partial charge in [0.15, 0.2) is 6.20 Å². The summed E-state index contributed by atoms with van der Waals surface area (Å²) in [4.78, 5) is 0. The van der Waals surface area contributed by atoms with Crippen LogP contribution in [0.25, 0.3) is 33.5 Å². The van der Waals surface area contributed by atoms with Crippen LogP contribution in [-0.2, 0) is 7.05 Å². The highest BCUT2D eigenvalue weighted by molar-refractivity contribution is 5.77. The van der Waals surface area contributed by atoms with Crippen LogP contribution >= 0.6 is 0 Å². The van der Waals surface area contributed by atoms with Crippen LogP contribution < -0.4 is 4.57 Å². The summed E-state index contributed by atoms with van der Waals surface area (Å²) < 4.78 is 50.7. The van der Waals surface area contributed by atoms with E-state index in [9.17, 15) is 0 Å². The van der Waals surface area contributed by atoms with E-state index in [2.05, 4.69) is 30.3 Å². The van der Waals surface area contributed by atoms with Crippen molar-refractivity contribution in [3.8, 4) is 33.5 Å². The lowest BCUT2D eigenvalue weighted by Crippen LogP contribution is -2.30. The number of aromatic nitrogens is 1. The van der Waals surface area contributed by atoms with Crippen LogP contribution in [0.15, 0.2) is 79.0 Å². The first-order chi connectivity index (χ1) is 16.4. The van der Waals surface area contributed by atoms with Crippen molar-refractivity contribution < 1.29 is 12.8 Å². The molecule has 0 saturated carbocycles. The molecule has 0 bridgehead atoms. The van der Waals surface area contributed by atoms with Gasteiger partial charge in [0, 0.05) is 25.9 Å². The van der Waals surface area contributed by atoms with Gasteiger partial charge in [0.05, 0.1) is 0 Å². The van der Waals surface area contributed by atoms with Crippen LogP contribution in [0.1, 0.15) is 30.5 Å². The monoisotopic (exact) mass is 384 g/mol. The number of hydrogen-bond donors (Lipinski definition) is 0. The lowest BCUT2D eigenvalue weighted by molar-refractivity contribution is -0.660. The molecular weight excluding hydrogens is 350 g/mol. The highest BCUT2D eigenvalue weighted by Crippen LogP contribution is 2.32. The third-order valence-corrected chi connectivity index (χ3v) is 5.34. The van der Waals surface area contributed by atoms with Gasteiger partial charge in [-0.3, -0.25) is 0 Å². The quantitative estimate of drug-likeness (QED) is 0.344. The Bertz CT molecular complexity index is 1350. The minimum Gasteiger partial charge on any atom is -0.201 e. The Balaban J connectivity index is 1.98. The van der Waals surface area contributed by atoms with E-state index in [0.29, 0.717) is 11.1 Å². The third-order valence-electron chi connectivity index (χ3n) is 5.34. The van der Waals surface area contributed by atoms with Gasteiger partial charge < -0.3 is 0 Å². The molecule has 0 N–H and O–H groups in total. The summed E-state index contributed by atoms with van der Waals surface area (Å²) in [5.41, 5.74) is 6.64. The third kappa shape index (κ3) is 3.73. The van der Waals surface area contributed by atoms with Crippen molar-refractivity contribution in [2.24, 2.45) is 7.05 Å². The molecule has 29 heavy (non-hydrogen) atoms. The molecular formula is C28H28N+. The van der Waals surface area contributed by atoms with Gasteiger partial charge in [0.25, 0.3) is 0 Å². The van der Waals surface area contributed by atoms with E-state index in [1.54, 1.807) is 25.1 Å². The van der Waals surface area contributed by atoms with Crippen LogP contribution in [0, 0.1) is 27.6 Å². The maximum absolute atomic E-state index is 8.12.